The Balaban J connectivity index is 2.24. The minimum atomic E-state index is -0.300. The predicted molar refractivity (Wildman–Crippen MR) is 68.4 cm³/mol. The number of nitrogens with zero attached hydrogens (tertiary/aromatic N) is 1. The molecule has 0 aliphatic carbocycles. The minimum absolute atomic E-state index is 0.00652. The zero-order chi connectivity index (χ0) is 14.3. The largest absolute Gasteiger partial charge is 0.450 e. The predicted octanol–water partition coefficient (Wildman–Crippen LogP) is -0.140. The Hall–Kier alpha value is -1.79. The van der Waals surface area contributed by atoms with Crippen LogP contribution >= 0.6 is 0 Å². The number of likely N-dealkylation sites (tertiary alicyclic amines) is 1. The first-order valence-electron chi connectivity index (χ1n) is 6.48. The minimum Gasteiger partial charge on any atom is -0.450 e. The Kier molecular flexibility index (Phi) is 6.11. The summed E-state index contributed by atoms with van der Waals surface area (Å²) in [5.41, 5.74) is 0. The quantitative estimate of drug-likeness (QED) is 0.745. The molecule has 0 radical (unpaired) electrons. The van der Waals surface area contributed by atoms with Crippen molar-refractivity contribution in [2.24, 2.45) is 0 Å². The van der Waals surface area contributed by atoms with Crippen molar-refractivity contribution in [3.05, 3.63) is 0 Å². The van der Waals surface area contributed by atoms with E-state index >= 15 is 0 Å². The monoisotopic (exact) mass is 271 g/mol. The summed E-state index contributed by atoms with van der Waals surface area (Å²) in [4.78, 5) is 35.3. The van der Waals surface area contributed by atoms with E-state index in [1.165, 1.54) is 6.92 Å². The molecule has 0 aromatic heterocycles. The molecule has 0 bridgehead atoms. The average molecular weight is 271 g/mol. The van der Waals surface area contributed by atoms with Crippen LogP contribution in [0.4, 0.5) is 4.79 Å². The number of piperidine rings is 1. The molecule has 2 N–H and O–H groups in total. The fourth-order valence-corrected chi connectivity index (χ4v) is 1.90. The van der Waals surface area contributed by atoms with Crippen molar-refractivity contribution in [3.8, 4) is 0 Å². The van der Waals surface area contributed by atoms with Crippen molar-refractivity contribution in [2.75, 3.05) is 26.2 Å². The van der Waals surface area contributed by atoms with E-state index in [0.29, 0.717) is 32.5 Å². The fraction of sp³-hybridized carbons (Fsp3) is 0.750. The van der Waals surface area contributed by atoms with Gasteiger partial charge >= 0.3 is 6.09 Å². The molecule has 7 heteroatoms. The SMILES string of the molecule is CCOC(=O)N1CCC(NC(=O)CNC(C)=O)CC1. The van der Waals surface area contributed by atoms with Crippen molar-refractivity contribution in [3.63, 3.8) is 0 Å². The molecule has 1 heterocycles. The Bertz CT molecular complexity index is 338. The van der Waals surface area contributed by atoms with E-state index in [-0.39, 0.29) is 30.5 Å². The molecule has 0 aromatic rings. The summed E-state index contributed by atoms with van der Waals surface area (Å²) >= 11 is 0. The van der Waals surface area contributed by atoms with Crippen LogP contribution in [0.15, 0.2) is 0 Å². The molecule has 108 valence electrons. The highest BCUT2D eigenvalue weighted by Crippen LogP contribution is 2.11. The van der Waals surface area contributed by atoms with E-state index in [9.17, 15) is 14.4 Å². The third kappa shape index (κ3) is 5.58. The third-order valence-corrected chi connectivity index (χ3v) is 2.88. The molecule has 0 saturated carbocycles. The van der Waals surface area contributed by atoms with Gasteiger partial charge in [-0.05, 0) is 19.8 Å². The van der Waals surface area contributed by atoms with Crippen molar-refractivity contribution >= 4 is 17.9 Å². The van der Waals surface area contributed by atoms with Crippen molar-refractivity contribution < 1.29 is 19.1 Å². The van der Waals surface area contributed by atoms with Crippen LogP contribution in [-0.4, -0.2) is 55.1 Å². The topological polar surface area (TPSA) is 87.7 Å². The number of nitrogens with one attached hydrogen (secondary N) is 2. The van der Waals surface area contributed by atoms with E-state index in [4.69, 9.17) is 4.74 Å². The van der Waals surface area contributed by atoms with Crippen molar-refractivity contribution in [1.82, 2.24) is 15.5 Å². The van der Waals surface area contributed by atoms with Crippen LogP contribution in [0.3, 0.4) is 0 Å². The highest BCUT2D eigenvalue weighted by Gasteiger charge is 2.24. The number of hydrogen-bond donors (Lipinski definition) is 2. The second kappa shape index (κ2) is 7.60. The Morgan fingerprint density at radius 3 is 2.42 bits per heavy atom. The zero-order valence-corrected chi connectivity index (χ0v) is 11.4. The number of ether oxygens (including phenoxy) is 1. The molecular weight excluding hydrogens is 250 g/mol. The third-order valence-electron chi connectivity index (χ3n) is 2.88. The summed E-state index contributed by atoms with van der Waals surface area (Å²) in [6.45, 7) is 4.64. The van der Waals surface area contributed by atoms with Gasteiger partial charge in [0.25, 0.3) is 0 Å². The Morgan fingerprint density at radius 1 is 1.26 bits per heavy atom. The van der Waals surface area contributed by atoms with E-state index in [1.807, 2.05) is 0 Å². The second-order valence-corrected chi connectivity index (χ2v) is 4.44. The maximum Gasteiger partial charge on any atom is 0.409 e. The van der Waals surface area contributed by atoms with Gasteiger partial charge in [-0.25, -0.2) is 4.79 Å². The van der Waals surface area contributed by atoms with Crippen LogP contribution < -0.4 is 10.6 Å². The fourth-order valence-electron chi connectivity index (χ4n) is 1.90. The van der Waals surface area contributed by atoms with E-state index in [0.717, 1.165) is 0 Å². The van der Waals surface area contributed by atoms with Crippen LogP contribution in [0.2, 0.25) is 0 Å². The molecule has 1 saturated heterocycles. The molecule has 1 aliphatic rings. The first-order chi connectivity index (χ1) is 9.02. The van der Waals surface area contributed by atoms with Gasteiger partial charge < -0.3 is 20.3 Å². The van der Waals surface area contributed by atoms with Crippen LogP contribution in [0, 0.1) is 0 Å². The zero-order valence-electron chi connectivity index (χ0n) is 11.4. The first-order valence-corrected chi connectivity index (χ1v) is 6.48. The molecule has 0 atom stereocenters. The molecule has 7 nitrogen and oxygen atoms in total. The van der Waals surface area contributed by atoms with Crippen LogP contribution in [-0.2, 0) is 14.3 Å². The molecule has 0 aromatic carbocycles. The Labute approximate surface area is 112 Å². The van der Waals surface area contributed by atoms with Gasteiger partial charge in [0.15, 0.2) is 0 Å². The van der Waals surface area contributed by atoms with Gasteiger partial charge in [0.05, 0.1) is 13.2 Å². The lowest BCUT2D eigenvalue weighted by Crippen LogP contribution is -2.48. The van der Waals surface area contributed by atoms with Gasteiger partial charge in [-0.1, -0.05) is 0 Å². The van der Waals surface area contributed by atoms with Crippen LogP contribution in [0.25, 0.3) is 0 Å². The Morgan fingerprint density at radius 2 is 1.89 bits per heavy atom. The molecule has 19 heavy (non-hydrogen) atoms. The number of carbonyl (C=O) groups excluding carboxylic acids is 3. The standard InChI is InChI=1S/C12H21N3O4/c1-3-19-12(18)15-6-4-10(5-7-15)14-11(17)8-13-9(2)16/h10H,3-8H2,1-2H3,(H,13,16)(H,14,17). The van der Waals surface area contributed by atoms with Gasteiger partial charge in [0, 0.05) is 26.1 Å². The van der Waals surface area contributed by atoms with E-state index in [1.54, 1.807) is 11.8 Å². The number of carbonyl (C=O) groups is 3. The van der Waals surface area contributed by atoms with E-state index in [2.05, 4.69) is 10.6 Å². The molecule has 1 fully saturated rings. The number of amides is 3. The molecule has 1 rings (SSSR count). The molecular formula is C12H21N3O4. The van der Waals surface area contributed by atoms with E-state index < -0.39 is 0 Å². The number of rotatable bonds is 4. The van der Waals surface area contributed by atoms with Gasteiger partial charge in [-0.2, -0.15) is 0 Å². The summed E-state index contributed by atoms with van der Waals surface area (Å²) in [6.07, 6.45) is 1.10. The lowest BCUT2D eigenvalue weighted by Gasteiger charge is -2.31. The smallest absolute Gasteiger partial charge is 0.409 e. The second-order valence-electron chi connectivity index (χ2n) is 4.44. The van der Waals surface area contributed by atoms with Gasteiger partial charge in [0.1, 0.15) is 0 Å². The first kappa shape index (κ1) is 15.3. The van der Waals surface area contributed by atoms with Crippen LogP contribution in [0.5, 0.6) is 0 Å². The maximum atomic E-state index is 11.5. The summed E-state index contributed by atoms with van der Waals surface area (Å²) in [5.74, 6) is -0.433. The normalized spacial score (nSPS) is 15.8. The van der Waals surface area contributed by atoms with Crippen LogP contribution in [0.1, 0.15) is 26.7 Å². The maximum absolute atomic E-state index is 11.5. The lowest BCUT2D eigenvalue weighted by molar-refractivity contribution is -0.125. The molecule has 0 unspecified atom stereocenters. The van der Waals surface area contributed by atoms with Crippen molar-refractivity contribution in [1.29, 1.82) is 0 Å². The average Bonchev–Trinajstić information content (AvgIpc) is 2.37. The van der Waals surface area contributed by atoms with Gasteiger partial charge in [-0.15, -0.1) is 0 Å². The lowest BCUT2D eigenvalue weighted by atomic mass is 10.1. The van der Waals surface area contributed by atoms with Gasteiger partial charge in [-0.3, -0.25) is 9.59 Å². The molecule has 3 amide bonds. The summed E-state index contributed by atoms with van der Waals surface area (Å²) in [6, 6.07) is 0.0481. The highest BCUT2D eigenvalue weighted by atomic mass is 16.6. The summed E-state index contributed by atoms with van der Waals surface area (Å²) in [7, 11) is 0. The van der Waals surface area contributed by atoms with Gasteiger partial charge in [0.2, 0.25) is 11.8 Å². The molecule has 0 spiro atoms. The number of hydrogen-bond acceptors (Lipinski definition) is 4. The summed E-state index contributed by atoms with van der Waals surface area (Å²) in [5, 5.41) is 5.28. The summed E-state index contributed by atoms with van der Waals surface area (Å²) < 4.78 is 4.91. The highest BCUT2D eigenvalue weighted by molar-refractivity contribution is 5.83. The van der Waals surface area contributed by atoms with Crippen molar-refractivity contribution in [2.45, 2.75) is 32.7 Å². The molecule has 1 aliphatic heterocycles.